The molecule has 0 saturated heterocycles. The van der Waals surface area contributed by atoms with Gasteiger partial charge in [-0.2, -0.15) is 0 Å². The van der Waals surface area contributed by atoms with E-state index in [9.17, 15) is 9.59 Å². The molecule has 0 fully saturated rings. The molecule has 0 unspecified atom stereocenters. The number of nitrogens with one attached hydrogen (secondary N) is 1. The molecule has 0 aromatic heterocycles. The van der Waals surface area contributed by atoms with Gasteiger partial charge in [0, 0.05) is 11.8 Å². The first-order valence-corrected chi connectivity index (χ1v) is 11.2. The molecule has 1 aliphatic heterocycles. The number of rotatable bonds is 7. The zero-order chi connectivity index (χ0) is 24.4. The fourth-order valence-electron chi connectivity index (χ4n) is 4.16. The van der Waals surface area contributed by atoms with Gasteiger partial charge in [-0.25, -0.2) is 4.90 Å². The van der Waals surface area contributed by atoms with E-state index in [0.29, 0.717) is 40.6 Å². The molecule has 174 valence electrons. The monoisotopic (exact) mass is 456 g/mol. The van der Waals surface area contributed by atoms with E-state index in [-0.39, 0.29) is 5.70 Å². The van der Waals surface area contributed by atoms with Crippen LogP contribution in [-0.4, -0.2) is 25.5 Å². The number of imide groups is 1. The molecule has 6 nitrogen and oxygen atoms in total. The predicted molar refractivity (Wildman–Crippen MR) is 134 cm³/mol. The number of ether oxygens (including phenoxy) is 2. The SMILES string of the molecule is CCOc1cccc(NC2=C(c3ccc(C)cc3C)C(=O)N(c3cc(C)ccc3OC)C2=O)c1. The van der Waals surface area contributed by atoms with Crippen molar-refractivity contribution in [1.29, 1.82) is 0 Å². The zero-order valence-electron chi connectivity index (χ0n) is 20.1. The Bertz CT molecular complexity index is 1310. The summed E-state index contributed by atoms with van der Waals surface area (Å²) < 4.78 is 11.1. The van der Waals surface area contributed by atoms with Crippen LogP contribution in [0.5, 0.6) is 11.5 Å². The highest BCUT2D eigenvalue weighted by Crippen LogP contribution is 2.39. The number of nitrogens with zero attached hydrogens (tertiary/aromatic N) is 1. The number of amides is 2. The van der Waals surface area contributed by atoms with Crippen molar-refractivity contribution in [3.63, 3.8) is 0 Å². The number of carbonyl (C=O) groups is 2. The quantitative estimate of drug-likeness (QED) is 0.481. The van der Waals surface area contributed by atoms with Crippen molar-refractivity contribution in [1.82, 2.24) is 0 Å². The summed E-state index contributed by atoms with van der Waals surface area (Å²) in [5.41, 5.74) is 5.23. The Morgan fingerprint density at radius 2 is 1.62 bits per heavy atom. The van der Waals surface area contributed by atoms with Crippen LogP contribution in [0.4, 0.5) is 11.4 Å². The minimum absolute atomic E-state index is 0.217. The maximum absolute atomic E-state index is 13.8. The molecule has 2 amide bonds. The highest BCUT2D eigenvalue weighted by Gasteiger charge is 2.42. The van der Waals surface area contributed by atoms with Crippen molar-refractivity contribution in [2.24, 2.45) is 0 Å². The lowest BCUT2D eigenvalue weighted by Gasteiger charge is -2.19. The average molecular weight is 457 g/mol. The molecule has 4 rings (SSSR count). The van der Waals surface area contributed by atoms with Gasteiger partial charge in [-0.05, 0) is 68.7 Å². The predicted octanol–water partition coefficient (Wildman–Crippen LogP) is 5.42. The fourth-order valence-corrected chi connectivity index (χ4v) is 4.16. The van der Waals surface area contributed by atoms with Crippen LogP contribution in [0.15, 0.2) is 66.4 Å². The van der Waals surface area contributed by atoms with E-state index in [1.807, 2.05) is 76.2 Å². The van der Waals surface area contributed by atoms with Gasteiger partial charge in [0.2, 0.25) is 0 Å². The van der Waals surface area contributed by atoms with Crippen molar-refractivity contribution in [3.05, 3.63) is 88.6 Å². The summed E-state index contributed by atoms with van der Waals surface area (Å²) in [6.45, 7) is 8.28. The summed E-state index contributed by atoms with van der Waals surface area (Å²) in [5, 5.41) is 3.21. The van der Waals surface area contributed by atoms with Crippen LogP contribution in [0.3, 0.4) is 0 Å². The molecule has 1 heterocycles. The van der Waals surface area contributed by atoms with Crippen LogP contribution in [0.2, 0.25) is 0 Å². The smallest absolute Gasteiger partial charge is 0.282 e. The Hall–Kier alpha value is -4.06. The minimum Gasteiger partial charge on any atom is -0.495 e. The highest BCUT2D eigenvalue weighted by molar-refractivity contribution is 6.46. The standard InChI is InChI=1S/C28H28N2O4/c1-6-34-21-9-7-8-20(16-21)29-26-25(22-12-10-17(2)14-19(22)4)27(31)30(28(26)32)23-15-18(3)11-13-24(23)33-5/h7-16,29H,6H2,1-5H3. The van der Waals surface area contributed by atoms with Crippen LogP contribution in [0, 0.1) is 20.8 Å². The largest absolute Gasteiger partial charge is 0.495 e. The molecular formula is C28H28N2O4. The third-order valence-corrected chi connectivity index (χ3v) is 5.72. The number of anilines is 2. The van der Waals surface area contributed by atoms with Crippen LogP contribution >= 0.6 is 0 Å². The third kappa shape index (κ3) is 4.27. The van der Waals surface area contributed by atoms with E-state index in [2.05, 4.69) is 5.32 Å². The van der Waals surface area contributed by atoms with E-state index >= 15 is 0 Å². The third-order valence-electron chi connectivity index (χ3n) is 5.72. The molecule has 0 aliphatic carbocycles. The van der Waals surface area contributed by atoms with Crippen molar-refractivity contribution < 1.29 is 19.1 Å². The Morgan fingerprint density at radius 1 is 0.882 bits per heavy atom. The Morgan fingerprint density at radius 3 is 2.32 bits per heavy atom. The molecule has 0 radical (unpaired) electrons. The first-order valence-electron chi connectivity index (χ1n) is 11.2. The number of benzene rings is 3. The van der Waals surface area contributed by atoms with Gasteiger partial charge in [0.15, 0.2) is 0 Å². The van der Waals surface area contributed by atoms with Gasteiger partial charge in [0.1, 0.15) is 17.2 Å². The first kappa shape index (κ1) is 23.1. The topological polar surface area (TPSA) is 67.9 Å². The van der Waals surface area contributed by atoms with Gasteiger partial charge in [0.05, 0.1) is 25.0 Å². The molecule has 3 aromatic carbocycles. The lowest BCUT2D eigenvalue weighted by Crippen LogP contribution is -2.32. The van der Waals surface area contributed by atoms with E-state index in [4.69, 9.17) is 9.47 Å². The maximum atomic E-state index is 13.8. The number of hydrogen-bond donors (Lipinski definition) is 1. The average Bonchev–Trinajstić information content (AvgIpc) is 3.03. The molecule has 0 saturated carbocycles. The zero-order valence-corrected chi connectivity index (χ0v) is 20.1. The summed E-state index contributed by atoms with van der Waals surface area (Å²) >= 11 is 0. The van der Waals surface area contributed by atoms with Gasteiger partial charge >= 0.3 is 0 Å². The molecule has 1 N–H and O–H groups in total. The van der Waals surface area contributed by atoms with Crippen molar-refractivity contribution in [3.8, 4) is 11.5 Å². The second-order valence-corrected chi connectivity index (χ2v) is 8.28. The van der Waals surface area contributed by atoms with E-state index < -0.39 is 11.8 Å². The summed E-state index contributed by atoms with van der Waals surface area (Å²) in [5.74, 6) is 0.289. The van der Waals surface area contributed by atoms with Crippen LogP contribution < -0.4 is 19.7 Å². The van der Waals surface area contributed by atoms with Gasteiger partial charge in [0.25, 0.3) is 11.8 Å². The highest BCUT2D eigenvalue weighted by atomic mass is 16.5. The number of hydrogen-bond acceptors (Lipinski definition) is 5. The summed E-state index contributed by atoms with van der Waals surface area (Å²) in [4.78, 5) is 28.8. The Labute approximate surface area is 199 Å². The van der Waals surface area contributed by atoms with Crippen LogP contribution in [-0.2, 0) is 9.59 Å². The maximum Gasteiger partial charge on any atom is 0.282 e. The summed E-state index contributed by atoms with van der Waals surface area (Å²) in [6, 6.07) is 18.6. The molecule has 6 heteroatoms. The number of carbonyl (C=O) groups excluding carboxylic acids is 2. The number of methoxy groups -OCH3 is 1. The Balaban J connectivity index is 1.87. The second-order valence-electron chi connectivity index (χ2n) is 8.28. The van der Waals surface area contributed by atoms with E-state index in [1.54, 1.807) is 12.1 Å². The summed E-state index contributed by atoms with van der Waals surface area (Å²) in [7, 11) is 1.52. The first-order chi connectivity index (χ1) is 16.3. The summed E-state index contributed by atoms with van der Waals surface area (Å²) in [6.07, 6.45) is 0. The van der Waals surface area contributed by atoms with Gasteiger partial charge in [-0.15, -0.1) is 0 Å². The number of aryl methyl sites for hydroxylation is 3. The van der Waals surface area contributed by atoms with Crippen LogP contribution in [0.1, 0.15) is 29.2 Å². The molecule has 0 spiro atoms. The minimum atomic E-state index is -0.439. The second kappa shape index (κ2) is 9.43. The molecule has 0 bridgehead atoms. The van der Waals surface area contributed by atoms with Crippen molar-refractivity contribution >= 4 is 28.8 Å². The van der Waals surface area contributed by atoms with Crippen molar-refractivity contribution in [2.45, 2.75) is 27.7 Å². The molecular weight excluding hydrogens is 428 g/mol. The van der Waals surface area contributed by atoms with Gasteiger partial charge in [-0.3, -0.25) is 9.59 Å². The molecule has 3 aromatic rings. The molecule has 34 heavy (non-hydrogen) atoms. The van der Waals surface area contributed by atoms with E-state index in [0.717, 1.165) is 16.7 Å². The normalized spacial score (nSPS) is 13.5. The Kier molecular flexibility index (Phi) is 6.41. The van der Waals surface area contributed by atoms with Gasteiger partial charge in [-0.1, -0.05) is 35.9 Å². The lowest BCUT2D eigenvalue weighted by atomic mass is 9.97. The van der Waals surface area contributed by atoms with Crippen molar-refractivity contribution in [2.75, 3.05) is 23.9 Å². The van der Waals surface area contributed by atoms with Gasteiger partial charge < -0.3 is 14.8 Å². The molecule has 1 aliphatic rings. The van der Waals surface area contributed by atoms with Crippen LogP contribution in [0.25, 0.3) is 5.57 Å². The lowest BCUT2D eigenvalue weighted by molar-refractivity contribution is -0.120. The molecule has 0 atom stereocenters. The van der Waals surface area contributed by atoms with E-state index in [1.165, 1.54) is 12.0 Å². The fraction of sp³-hybridized carbons (Fsp3) is 0.214.